The van der Waals surface area contributed by atoms with Crippen molar-refractivity contribution >= 4 is 6.09 Å². The van der Waals surface area contributed by atoms with Gasteiger partial charge in [0.2, 0.25) is 0 Å². The van der Waals surface area contributed by atoms with Crippen molar-refractivity contribution in [3.8, 4) is 6.07 Å². The summed E-state index contributed by atoms with van der Waals surface area (Å²) < 4.78 is 5.37. The minimum atomic E-state index is -0.188. The Hall–Kier alpha value is -2.06. The lowest BCUT2D eigenvalue weighted by Gasteiger charge is -2.39. The molecule has 0 N–H and O–H groups in total. The first kappa shape index (κ1) is 21.2. The zero-order valence-corrected chi connectivity index (χ0v) is 17.1. The fraction of sp³-hybridized carbons (Fsp3) is 0.636. The second kappa shape index (κ2) is 10.3. The van der Waals surface area contributed by atoms with Gasteiger partial charge in [-0.3, -0.25) is 4.90 Å². The molecule has 1 heterocycles. The second-order valence-corrected chi connectivity index (χ2v) is 8.28. The van der Waals surface area contributed by atoms with Crippen molar-refractivity contribution in [1.82, 2.24) is 9.80 Å². The minimum absolute atomic E-state index is 0.188. The molecule has 148 valence electrons. The van der Waals surface area contributed by atoms with E-state index in [0.29, 0.717) is 24.5 Å². The fourth-order valence-corrected chi connectivity index (χ4v) is 3.54. The Balaban J connectivity index is 1.98. The molecular formula is C22H33N3O2. The molecule has 1 amide bonds. The van der Waals surface area contributed by atoms with Crippen LogP contribution in [0.3, 0.4) is 0 Å². The molecule has 0 atom stereocenters. The first-order valence-electron chi connectivity index (χ1n) is 10.0. The highest BCUT2D eigenvalue weighted by molar-refractivity contribution is 5.67. The number of hydrogen-bond donors (Lipinski definition) is 0. The number of ether oxygens (including phenoxy) is 1. The van der Waals surface area contributed by atoms with Crippen molar-refractivity contribution in [3.63, 3.8) is 0 Å². The Morgan fingerprint density at radius 1 is 1.22 bits per heavy atom. The van der Waals surface area contributed by atoms with E-state index in [1.54, 1.807) is 0 Å². The number of likely N-dealkylation sites (tertiary alicyclic amines) is 1. The number of benzene rings is 1. The quantitative estimate of drug-likeness (QED) is 0.718. The summed E-state index contributed by atoms with van der Waals surface area (Å²) in [6.07, 6.45) is 1.70. The number of rotatable bonds is 7. The van der Waals surface area contributed by atoms with E-state index in [1.165, 1.54) is 0 Å². The molecule has 0 radical (unpaired) electrons. The number of amides is 1. The van der Waals surface area contributed by atoms with E-state index in [0.717, 1.165) is 50.1 Å². The Labute approximate surface area is 163 Å². The molecule has 0 aromatic heterocycles. The number of carbonyl (C=O) groups is 1. The molecule has 0 unspecified atom stereocenters. The molecule has 1 saturated heterocycles. The van der Waals surface area contributed by atoms with Crippen molar-refractivity contribution < 1.29 is 9.53 Å². The summed E-state index contributed by atoms with van der Waals surface area (Å²) in [4.78, 5) is 16.5. The van der Waals surface area contributed by atoms with E-state index in [4.69, 9.17) is 4.74 Å². The topological polar surface area (TPSA) is 56.6 Å². The van der Waals surface area contributed by atoms with Gasteiger partial charge in [-0.1, -0.05) is 45.9 Å². The largest absolute Gasteiger partial charge is 0.449 e. The molecule has 5 nitrogen and oxygen atoms in total. The molecular weight excluding hydrogens is 338 g/mol. The van der Waals surface area contributed by atoms with Crippen molar-refractivity contribution in [1.29, 1.82) is 5.26 Å². The van der Waals surface area contributed by atoms with Gasteiger partial charge in [-0.2, -0.15) is 5.26 Å². The molecule has 1 aliphatic rings. The minimum Gasteiger partial charge on any atom is -0.449 e. The number of hydrogen-bond acceptors (Lipinski definition) is 4. The summed E-state index contributed by atoms with van der Waals surface area (Å²) in [5, 5.41) is 9.38. The second-order valence-electron chi connectivity index (χ2n) is 8.28. The summed E-state index contributed by atoms with van der Waals surface area (Å²) in [6, 6.07) is 10.6. The van der Waals surface area contributed by atoms with E-state index < -0.39 is 0 Å². The third-order valence-corrected chi connectivity index (χ3v) is 4.89. The highest BCUT2D eigenvalue weighted by atomic mass is 16.6. The van der Waals surface area contributed by atoms with Gasteiger partial charge in [0.05, 0.1) is 18.2 Å². The van der Waals surface area contributed by atoms with Gasteiger partial charge >= 0.3 is 6.09 Å². The first-order valence-corrected chi connectivity index (χ1v) is 10.0. The van der Waals surface area contributed by atoms with Crippen molar-refractivity contribution in [3.05, 3.63) is 35.4 Å². The van der Waals surface area contributed by atoms with Crippen LogP contribution < -0.4 is 0 Å². The average Bonchev–Trinajstić information content (AvgIpc) is 2.65. The van der Waals surface area contributed by atoms with Gasteiger partial charge < -0.3 is 9.64 Å². The van der Waals surface area contributed by atoms with Crippen LogP contribution in [0.15, 0.2) is 24.3 Å². The third-order valence-electron chi connectivity index (χ3n) is 4.89. The summed E-state index contributed by atoms with van der Waals surface area (Å²) >= 11 is 0. The lowest BCUT2D eigenvalue weighted by molar-refractivity contribution is 0.0606. The van der Waals surface area contributed by atoms with Crippen LogP contribution >= 0.6 is 0 Å². The highest BCUT2D eigenvalue weighted by Gasteiger charge is 2.28. The van der Waals surface area contributed by atoms with Crippen LogP contribution in [0.2, 0.25) is 0 Å². The van der Waals surface area contributed by atoms with E-state index >= 15 is 0 Å². The van der Waals surface area contributed by atoms with Gasteiger partial charge in [-0.15, -0.1) is 0 Å². The summed E-state index contributed by atoms with van der Waals surface area (Å²) in [5.41, 5.74) is 1.83. The number of piperidine rings is 1. The van der Waals surface area contributed by atoms with E-state index in [2.05, 4.69) is 24.8 Å². The Morgan fingerprint density at radius 2 is 1.89 bits per heavy atom. The van der Waals surface area contributed by atoms with Crippen LogP contribution in [-0.2, 0) is 11.3 Å². The lowest BCUT2D eigenvalue weighted by Crippen LogP contribution is -2.47. The number of carbonyl (C=O) groups excluding carboxylic acids is 1. The average molecular weight is 372 g/mol. The lowest BCUT2D eigenvalue weighted by atomic mass is 9.99. The normalized spacial score (nSPS) is 15.4. The molecule has 27 heavy (non-hydrogen) atoms. The molecule has 0 saturated carbocycles. The highest BCUT2D eigenvalue weighted by Crippen LogP contribution is 2.22. The van der Waals surface area contributed by atoms with Gasteiger partial charge in [0.25, 0.3) is 0 Å². The fourth-order valence-electron chi connectivity index (χ4n) is 3.54. The van der Waals surface area contributed by atoms with Crippen LogP contribution in [0.25, 0.3) is 0 Å². The third kappa shape index (κ3) is 6.55. The molecule has 1 aliphatic heterocycles. The van der Waals surface area contributed by atoms with Crippen LogP contribution in [0.4, 0.5) is 4.79 Å². The van der Waals surface area contributed by atoms with E-state index in [-0.39, 0.29) is 6.09 Å². The zero-order chi connectivity index (χ0) is 19.8. The summed E-state index contributed by atoms with van der Waals surface area (Å²) in [5.74, 6) is 0.904. The summed E-state index contributed by atoms with van der Waals surface area (Å²) in [6.45, 7) is 12.2. The predicted molar refractivity (Wildman–Crippen MR) is 107 cm³/mol. The van der Waals surface area contributed by atoms with E-state index in [9.17, 15) is 10.1 Å². The number of nitriles is 1. The first-order chi connectivity index (χ1) is 12.9. The molecule has 0 spiro atoms. The SMILES string of the molecule is CC(C)COC(=O)N1CCC(N(Cc2ccccc2C#N)CC(C)C)CC1. The van der Waals surface area contributed by atoms with Gasteiger partial charge in [0.15, 0.2) is 0 Å². The van der Waals surface area contributed by atoms with Gasteiger partial charge in [-0.25, -0.2) is 4.79 Å². The van der Waals surface area contributed by atoms with E-state index in [1.807, 2.05) is 43.0 Å². The number of nitrogens with zero attached hydrogens (tertiary/aromatic N) is 3. The molecule has 1 aromatic rings. The zero-order valence-electron chi connectivity index (χ0n) is 17.1. The molecule has 2 rings (SSSR count). The van der Waals surface area contributed by atoms with Crippen LogP contribution in [-0.4, -0.2) is 48.2 Å². The summed E-state index contributed by atoms with van der Waals surface area (Å²) in [7, 11) is 0. The maximum atomic E-state index is 12.2. The van der Waals surface area contributed by atoms with Crippen molar-refractivity contribution in [2.75, 3.05) is 26.2 Å². The van der Waals surface area contributed by atoms with Gasteiger partial charge in [0, 0.05) is 32.2 Å². The molecule has 1 aromatic carbocycles. The molecule has 5 heteroatoms. The van der Waals surface area contributed by atoms with Crippen LogP contribution in [0.1, 0.15) is 51.7 Å². The standard InChI is InChI=1S/C22H33N3O2/c1-17(2)14-25(15-20-8-6-5-7-19(20)13-23)21-9-11-24(12-10-21)22(26)27-16-18(3)4/h5-8,17-18,21H,9-12,14-16H2,1-4H3. The Kier molecular flexibility index (Phi) is 8.12. The van der Waals surface area contributed by atoms with Crippen LogP contribution in [0, 0.1) is 23.2 Å². The molecule has 0 bridgehead atoms. The van der Waals surface area contributed by atoms with Crippen molar-refractivity contribution in [2.45, 2.75) is 53.1 Å². The maximum Gasteiger partial charge on any atom is 0.409 e. The molecule has 0 aliphatic carbocycles. The Morgan fingerprint density at radius 3 is 2.48 bits per heavy atom. The molecule has 1 fully saturated rings. The smallest absolute Gasteiger partial charge is 0.409 e. The van der Waals surface area contributed by atoms with Crippen molar-refractivity contribution in [2.24, 2.45) is 11.8 Å². The monoisotopic (exact) mass is 371 g/mol. The predicted octanol–water partition coefficient (Wildman–Crippen LogP) is 4.27. The Bertz CT molecular complexity index is 643. The van der Waals surface area contributed by atoms with Gasteiger partial charge in [-0.05, 0) is 36.3 Å². The maximum absolute atomic E-state index is 12.2. The van der Waals surface area contributed by atoms with Gasteiger partial charge in [0.1, 0.15) is 0 Å². The van der Waals surface area contributed by atoms with Crippen LogP contribution in [0.5, 0.6) is 0 Å².